The van der Waals surface area contributed by atoms with Crippen molar-refractivity contribution in [1.29, 1.82) is 0 Å². The molecule has 2 amide bonds. The molecule has 0 radical (unpaired) electrons. The van der Waals surface area contributed by atoms with E-state index in [0.717, 1.165) is 0 Å². The number of benzene rings is 1. The van der Waals surface area contributed by atoms with Crippen molar-refractivity contribution in [3.8, 4) is 5.69 Å². The van der Waals surface area contributed by atoms with Crippen LogP contribution in [-0.2, 0) is 4.79 Å². The van der Waals surface area contributed by atoms with Crippen molar-refractivity contribution in [2.24, 2.45) is 0 Å². The van der Waals surface area contributed by atoms with Crippen LogP contribution in [-0.4, -0.2) is 58.7 Å². The highest BCUT2D eigenvalue weighted by Gasteiger charge is 2.28. The number of nitrogens with zero attached hydrogens (tertiary/aromatic N) is 4. The van der Waals surface area contributed by atoms with Crippen molar-refractivity contribution >= 4 is 29.1 Å². The summed E-state index contributed by atoms with van der Waals surface area (Å²) in [5, 5.41) is 7.00. The largest absolute Gasteiger partial charge is 0.459 e. The zero-order valence-corrected chi connectivity index (χ0v) is 18.2. The molecule has 1 aromatic carbocycles. The fourth-order valence-corrected chi connectivity index (χ4v) is 3.82. The summed E-state index contributed by atoms with van der Waals surface area (Å²) in [6.45, 7) is 3.47. The molecule has 9 nitrogen and oxygen atoms in total. The molecular weight excluding hydrogens is 434 g/mol. The van der Waals surface area contributed by atoms with E-state index in [9.17, 15) is 14.4 Å². The summed E-state index contributed by atoms with van der Waals surface area (Å²) in [5.74, 6) is -0.471. The van der Waals surface area contributed by atoms with Gasteiger partial charge in [0.05, 0.1) is 23.8 Å². The number of anilines is 1. The van der Waals surface area contributed by atoms with E-state index >= 15 is 0 Å². The van der Waals surface area contributed by atoms with Crippen LogP contribution in [0.1, 0.15) is 17.5 Å². The number of carbonyl (C=O) groups excluding carboxylic acids is 2. The smallest absolute Gasteiger partial charge is 0.292 e. The molecular formula is C22H22ClN5O4. The van der Waals surface area contributed by atoms with Crippen molar-refractivity contribution in [2.75, 3.05) is 31.1 Å². The van der Waals surface area contributed by atoms with Crippen LogP contribution in [0, 0.1) is 0 Å². The van der Waals surface area contributed by atoms with Crippen LogP contribution in [0.25, 0.3) is 5.69 Å². The second-order valence-electron chi connectivity index (χ2n) is 7.38. The Morgan fingerprint density at radius 3 is 2.47 bits per heavy atom. The Bertz CT molecular complexity index is 1150. The van der Waals surface area contributed by atoms with E-state index in [1.165, 1.54) is 17.0 Å². The Morgan fingerprint density at radius 2 is 1.81 bits per heavy atom. The van der Waals surface area contributed by atoms with E-state index in [2.05, 4.69) is 10.4 Å². The van der Waals surface area contributed by atoms with Gasteiger partial charge >= 0.3 is 0 Å². The monoisotopic (exact) mass is 455 g/mol. The molecule has 3 heterocycles. The maximum atomic E-state index is 12.7. The molecule has 0 bridgehead atoms. The highest BCUT2D eigenvalue weighted by atomic mass is 35.5. The number of carbonyl (C=O) groups is 2. The zero-order chi connectivity index (χ0) is 22.7. The number of piperazine rings is 1. The third-order valence-electron chi connectivity index (χ3n) is 5.30. The van der Waals surface area contributed by atoms with Gasteiger partial charge in [-0.25, -0.2) is 0 Å². The van der Waals surface area contributed by atoms with Crippen LogP contribution in [0.2, 0.25) is 5.02 Å². The molecule has 1 N–H and O–H groups in total. The van der Waals surface area contributed by atoms with Gasteiger partial charge < -0.3 is 19.5 Å². The van der Waals surface area contributed by atoms with Crippen LogP contribution in [0.5, 0.6) is 0 Å². The fourth-order valence-electron chi connectivity index (χ4n) is 3.58. The summed E-state index contributed by atoms with van der Waals surface area (Å²) in [6.07, 6.45) is 2.97. The average Bonchev–Trinajstić information content (AvgIpc) is 3.36. The standard InChI is InChI=1S/C22H22ClN5O4/c1-15(25-20(29)18-8-5-13-32-18)21(30)27-11-9-26(10-12-27)17-14-24-28(22(31)19(17)23)16-6-3-2-4-7-16/h2-8,13-15H,9-12H2,1H3,(H,25,29)/t15-/m0/s1. The van der Waals surface area contributed by atoms with Gasteiger partial charge in [0.1, 0.15) is 11.1 Å². The number of halogens is 1. The summed E-state index contributed by atoms with van der Waals surface area (Å²) in [4.78, 5) is 41.2. The summed E-state index contributed by atoms with van der Waals surface area (Å²) in [7, 11) is 0. The SMILES string of the molecule is C[C@H](NC(=O)c1ccco1)C(=O)N1CCN(c2cnn(-c3ccccc3)c(=O)c2Cl)CC1. The normalized spacial score (nSPS) is 14.8. The van der Waals surface area contributed by atoms with Gasteiger partial charge in [-0.3, -0.25) is 14.4 Å². The molecule has 32 heavy (non-hydrogen) atoms. The quantitative estimate of drug-likeness (QED) is 0.631. The molecule has 3 aromatic rings. The molecule has 0 aliphatic carbocycles. The van der Waals surface area contributed by atoms with Crippen molar-refractivity contribution in [3.05, 3.63) is 76.1 Å². The van der Waals surface area contributed by atoms with Crippen LogP contribution >= 0.6 is 11.6 Å². The number of furan rings is 1. The maximum absolute atomic E-state index is 12.7. The first-order valence-electron chi connectivity index (χ1n) is 10.2. The van der Waals surface area contributed by atoms with Crippen molar-refractivity contribution in [2.45, 2.75) is 13.0 Å². The van der Waals surface area contributed by atoms with Gasteiger partial charge in [0.2, 0.25) is 5.91 Å². The Labute approximate surface area is 189 Å². The number of para-hydroxylation sites is 1. The van der Waals surface area contributed by atoms with Crippen LogP contribution in [0.4, 0.5) is 5.69 Å². The zero-order valence-electron chi connectivity index (χ0n) is 17.4. The van der Waals surface area contributed by atoms with Crippen molar-refractivity contribution < 1.29 is 14.0 Å². The maximum Gasteiger partial charge on any atom is 0.292 e. The Balaban J connectivity index is 1.39. The molecule has 10 heteroatoms. The minimum atomic E-state index is -0.695. The van der Waals surface area contributed by atoms with E-state index in [-0.39, 0.29) is 16.7 Å². The highest BCUT2D eigenvalue weighted by Crippen LogP contribution is 2.23. The van der Waals surface area contributed by atoms with Gasteiger partial charge in [-0.1, -0.05) is 29.8 Å². The van der Waals surface area contributed by atoms with Crippen molar-refractivity contribution in [1.82, 2.24) is 20.0 Å². The Morgan fingerprint density at radius 1 is 1.09 bits per heavy atom. The molecule has 4 rings (SSSR count). The minimum absolute atomic E-state index is 0.0858. The lowest BCUT2D eigenvalue weighted by molar-refractivity contribution is -0.133. The van der Waals surface area contributed by atoms with Gasteiger partial charge in [-0.05, 0) is 31.2 Å². The first-order valence-corrected chi connectivity index (χ1v) is 10.5. The molecule has 0 saturated carbocycles. The topological polar surface area (TPSA) is 101 Å². The van der Waals surface area contributed by atoms with Crippen molar-refractivity contribution in [3.63, 3.8) is 0 Å². The molecule has 166 valence electrons. The molecule has 2 aromatic heterocycles. The van der Waals surface area contributed by atoms with E-state index in [1.807, 2.05) is 23.1 Å². The lowest BCUT2D eigenvalue weighted by atomic mass is 10.2. The molecule has 1 atom stereocenters. The predicted molar refractivity (Wildman–Crippen MR) is 119 cm³/mol. The predicted octanol–water partition coefficient (Wildman–Crippen LogP) is 1.95. The third kappa shape index (κ3) is 4.38. The van der Waals surface area contributed by atoms with Crippen LogP contribution in [0.15, 0.2) is 64.1 Å². The molecule has 0 unspecified atom stereocenters. The molecule has 1 saturated heterocycles. The molecule has 0 spiro atoms. The second-order valence-corrected chi connectivity index (χ2v) is 7.76. The summed E-state index contributed by atoms with van der Waals surface area (Å²) in [5.41, 5.74) is 0.769. The van der Waals surface area contributed by atoms with E-state index in [1.54, 1.807) is 36.2 Å². The average molecular weight is 456 g/mol. The van der Waals surface area contributed by atoms with Gasteiger partial charge in [-0.15, -0.1) is 0 Å². The van der Waals surface area contributed by atoms with Gasteiger partial charge in [0.25, 0.3) is 11.5 Å². The first-order chi connectivity index (χ1) is 15.5. The minimum Gasteiger partial charge on any atom is -0.459 e. The Hall–Kier alpha value is -3.59. The van der Waals surface area contributed by atoms with E-state index in [4.69, 9.17) is 16.0 Å². The summed E-state index contributed by atoms with van der Waals surface area (Å²) >= 11 is 6.39. The molecule has 1 fully saturated rings. The van der Waals surface area contributed by atoms with E-state index < -0.39 is 17.5 Å². The lowest BCUT2D eigenvalue weighted by Gasteiger charge is -2.37. The molecule has 1 aliphatic rings. The van der Waals surface area contributed by atoms with E-state index in [0.29, 0.717) is 37.6 Å². The van der Waals surface area contributed by atoms with Gasteiger partial charge in [0.15, 0.2) is 5.76 Å². The second kappa shape index (κ2) is 9.27. The highest BCUT2D eigenvalue weighted by molar-refractivity contribution is 6.33. The summed E-state index contributed by atoms with van der Waals surface area (Å²) in [6, 6.07) is 11.5. The third-order valence-corrected chi connectivity index (χ3v) is 5.65. The number of hydrogen-bond acceptors (Lipinski definition) is 6. The number of amides is 2. The number of hydrogen-bond donors (Lipinski definition) is 1. The van der Waals surface area contributed by atoms with Crippen LogP contribution < -0.4 is 15.8 Å². The first kappa shape index (κ1) is 21.6. The number of aromatic nitrogens is 2. The number of nitrogens with one attached hydrogen (secondary N) is 1. The number of rotatable bonds is 5. The van der Waals surface area contributed by atoms with Crippen LogP contribution in [0.3, 0.4) is 0 Å². The summed E-state index contributed by atoms with van der Waals surface area (Å²) < 4.78 is 6.31. The molecule has 1 aliphatic heterocycles. The van der Waals surface area contributed by atoms with Gasteiger partial charge in [-0.2, -0.15) is 9.78 Å². The van der Waals surface area contributed by atoms with Gasteiger partial charge in [0, 0.05) is 26.2 Å². The fraction of sp³-hybridized carbons (Fsp3) is 0.273. The Kier molecular flexibility index (Phi) is 6.27. The lowest BCUT2D eigenvalue weighted by Crippen LogP contribution is -2.54.